The molecule has 1 saturated heterocycles. The number of pyridine rings is 1. The molecule has 1 aliphatic heterocycles. The van der Waals surface area contributed by atoms with Crippen LogP contribution >= 0.6 is 0 Å². The van der Waals surface area contributed by atoms with E-state index in [0.29, 0.717) is 22.3 Å². The summed E-state index contributed by atoms with van der Waals surface area (Å²) in [6.07, 6.45) is 2.48. The quantitative estimate of drug-likeness (QED) is 0.873. The van der Waals surface area contributed by atoms with Crippen LogP contribution in [0, 0.1) is 0 Å². The third-order valence-corrected chi connectivity index (χ3v) is 4.86. The Hall–Kier alpha value is -1.50. The number of fused-ring (bicyclic) bond motifs is 1. The molecule has 19 heavy (non-hydrogen) atoms. The van der Waals surface area contributed by atoms with Gasteiger partial charge in [0.05, 0.1) is 10.4 Å². The summed E-state index contributed by atoms with van der Waals surface area (Å²) in [6, 6.07) is 8.65. The van der Waals surface area contributed by atoms with Gasteiger partial charge in [-0.15, -0.1) is 0 Å². The first-order valence-electron chi connectivity index (χ1n) is 6.24. The molecule has 0 amide bonds. The Morgan fingerprint density at radius 1 is 1.26 bits per heavy atom. The molecule has 0 unspecified atom stereocenters. The molecule has 6 heteroatoms. The van der Waals surface area contributed by atoms with E-state index in [4.69, 9.17) is 0 Å². The van der Waals surface area contributed by atoms with E-state index in [1.54, 1.807) is 30.5 Å². The van der Waals surface area contributed by atoms with E-state index < -0.39 is 10.0 Å². The van der Waals surface area contributed by atoms with Crippen molar-refractivity contribution >= 4 is 20.9 Å². The summed E-state index contributed by atoms with van der Waals surface area (Å²) in [5.41, 5.74) is 0.690. The molecular formula is C13H15N3O2S. The molecule has 2 heterocycles. The first-order chi connectivity index (χ1) is 9.17. The van der Waals surface area contributed by atoms with Crippen LogP contribution in [0.4, 0.5) is 0 Å². The van der Waals surface area contributed by atoms with Gasteiger partial charge in [0, 0.05) is 24.2 Å². The van der Waals surface area contributed by atoms with E-state index in [0.717, 1.165) is 13.0 Å². The van der Waals surface area contributed by atoms with Crippen LogP contribution in [0.25, 0.3) is 10.9 Å². The number of nitrogens with one attached hydrogen (secondary N) is 2. The second-order valence-electron chi connectivity index (χ2n) is 4.64. The molecule has 1 aromatic heterocycles. The molecule has 0 radical (unpaired) electrons. The first-order valence-corrected chi connectivity index (χ1v) is 7.72. The van der Waals surface area contributed by atoms with Gasteiger partial charge in [-0.2, -0.15) is 0 Å². The highest BCUT2D eigenvalue weighted by Gasteiger charge is 2.24. The van der Waals surface area contributed by atoms with Gasteiger partial charge in [-0.1, -0.05) is 6.07 Å². The van der Waals surface area contributed by atoms with Crippen LogP contribution in [0.3, 0.4) is 0 Å². The maximum Gasteiger partial charge on any atom is 0.241 e. The van der Waals surface area contributed by atoms with Crippen molar-refractivity contribution in [3.8, 4) is 0 Å². The van der Waals surface area contributed by atoms with Gasteiger partial charge in [-0.3, -0.25) is 4.98 Å². The smallest absolute Gasteiger partial charge is 0.241 e. The molecule has 0 spiro atoms. The van der Waals surface area contributed by atoms with E-state index in [1.807, 2.05) is 6.07 Å². The van der Waals surface area contributed by atoms with Crippen LogP contribution < -0.4 is 10.0 Å². The largest absolute Gasteiger partial charge is 0.315 e. The maximum atomic E-state index is 12.4. The minimum absolute atomic E-state index is 0.0306. The average molecular weight is 277 g/mol. The zero-order valence-electron chi connectivity index (χ0n) is 10.3. The highest BCUT2D eigenvalue weighted by molar-refractivity contribution is 7.89. The monoisotopic (exact) mass is 277 g/mol. The van der Waals surface area contributed by atoms with Crippen LogP contribution in [0.5, 0.6) is 0 Å². The van der Waals surface area contributed by atoms with E-state index >= 15 is 0 Å². The predicted molar refractivity (Wildman–Crippen MR) is 73.3 cm³/mol. The highest BCUT2D eigenvalue weighted by Crippen LogP contribution is 2.21. The number of nitrogens with zero attached hydrogens (tertiary/aromatic N) is 1. The summed E-state index contributed by atoms with van der Waals surface area (Å²) in [6.45, 7) is 1.53. The summed E-state index contributed by atoms with van der Waals surface area (Å²) < 4.78 is 27.6. The summed E-state index contributed by atoms with van der Waals surface area (Å²) in [4.78, 5) is 4.48. The Kier molecular flexibility index (Phi) is 3.22. The van der Waals surface area contributed by atoms with E-state index in [1.165, 1.54) is 0 Å². The predicted octanol–water partition coefficient (Wildman–Crippen LogP) is 0.875. The third-order valence-electron chi connectivity index (χ3n) is 3.28. The molecule has 1 aliphatic rings. The SMILES string of the molecule is O=S(=O)(N[C@H]1CCNC1)c1cccc2ncccc12. The number of sulfonamides is 1. The van der Waals surface area contributed by atoms with Crippen molar-refractivity contribution in [3.05, 3.63) is 36.5 Å². The molecular weight excluding hydrogens is 262 g/mol. The lowest BCUT2D eigenvalue weighted by atomic mass is 10.2. The van der Waals surface area contributed by atoms with Crippen LogP contribution in [-0.4, -0.2) is 32.5 Å². The van der Waals surface area contributed by atoms with Gasteiger partial charge < -0.3 is 5.32 Å². The van der Waals surface area contributed by atoms with Crippen molar-refractivity contribution in [1.29, 1.82) is 0 Å². The van der Waals surface area contributed by atoms with Gasteiger partial charge in [0.25, 0.3) is 0 Å². The molecule has 2 aromatic rings. The standard InChI is InChI=1S/C13H15N3O2S/c17-19(18,16-10-6-8-14-9-10)13-5-1-4-12-11(13)3-2-7-15-12/h1-5,7,10,14,16H,6,8-9H2/t10-/m0/s1. The van der Waals surface area contributed by atoms with Gasteiger partial charge in [-0.05, 0) is 37.2 Å². The fourth-order valence-corrected chi connectivity index (χ4v) is 3.83. The Labute approximate surface area is 112 Å². The van der Waals surface area contributed by atoms with E-state index in [-0.39, 0.29) is 6.04 Å². The Balaban J connectivity index is 2.02. The number of benzene rings is 1. The Bertz CT molecular complexity index is 689. The summed E-state index contributed by atoms with van der Waals surface area (Å²) in [5, 5.41) is 3.80. The zero-order chi connectivity index (χ0) is 13.3. The number of hydrogen-bond donors (Lipinski definition) is 2. The highest BCUT2D eigenvalue weighted by atomic mass is 32.2. The first kappa shape index (κ1) is 12.5. The lowest BCUT2D eigenvalue weighted by Gasteiger charge is -2.13. The lowest BCUT2D eigenvalue weighted by molar-refractivity contribution is 0.561. The fourth-order valence-electron chi connectivity index (χ4n) is 2.35. The minimum Gasteiger partial charge on any atom is -0.315 e. The van der Waals surface area contributed by atoms with E-state index in [2.05, 4.69) is 15.0 Å². The topological polar surface area (TPSA) is 71.1 Å². The minimum atomic E-state index is -3.50. The van der Waals surface area contributed by atoms with E-state index in [9.17, 15) is 8.42 Å². The van der Waals surface area contributed by atoms with Crippen LogP contribution in [0.15, 0.2) is 41.4 Å². The third kappa shape index (κ3) is 2.47. The number of aromatic nitrogens is 1. The van der Waals surface area contributed by atoms with Crippen molar-refractivity contribution in [2.24, 2.45) is 0 Å². The van der Waals surface area contributed by atoms with Gasteiger partial charge in [0.2, 0.25) is 10.0 Å². The summed E-state index contributed by atoms with van der Waals surface area (Å²) in [7, 11) is -3.50. The average Bonchev–Trinajstić information content (AvgIpc) is 2.90. The molecule has 1 aromatic carbocycles. The molecule has 2 N–H and O–H groups in total. The summed E-state index contributed by atoms with van der Waals surface area (Å²) >= 11 is 0. The molecule has 0 aliphatic carbocycles. The van der Waals surface area contributed by atoms with Crippen LogP contribution in [0.2, 0.25) is 0 Å². The molecule has 100 valence electrons. The lowest BCUT2D eigenvalue weighted by Crippen LogP contribution is -2.36. The van der Waals surface area contributed by atoms with Gasteiger partial charge in [0.15, 0.2) is 0 Å². The Morgan fingerprint density at radius 2 is 2.16 bits per heavy atom. The van der Waals surface area contributed by atoms with Crippen molar-refractivity contribution < 1.29 is 8.42 Å². The molecule has 3 rings (SSSR count). The van der Waals surface area contributed by atoms with Crippen LogP contribution in [0.1, 0.15) is 6.42 Å². The zero-order valence-corrected chi connectivity index (χ0v) is 11.2. The second kappa shape index (κ2) is 4.88. The van der Waals surface area contributed by atoms with Crippen molar-refractivity contribution in [2.75, 3.05) is 13.1 Å². The molecule has 1 fully saturated rings. The van der Waals surface area contributed by atoms with Crippen molar-refractivity contribution in [2.45, 2.75) is 17.4 Å². The second-order valence-corrected chi connectivity index (χ2v) is 6.32. The number of hydrogen-bond acceptors (Lipinski definition) is 4. The fraction of sp³-hybridized carbons (Fsp3) is 0.308. The van der Waals surface area contributed by atoms with Gasteiger partial charge in [0.1, 0.15) is 0 Å². The molecule has 0 saturated carbocycles. The molecule has 1 atom stereocenters. The number of rotatable bonds is 3. The van der Waals surface area contributed by atoms with Crippen molar-refractivity contribution in [1.82, 2.24) is 15.0 Å². The van der Waals surface area contributed by atoms with Crippen molar-refractivity contribution in [3.63, 3.8) is 0 Å². The Morgan fingerprint density at radius 3 is 2.95 bits per heavy atom. The van der Waals surface area contributed by atoms with Crippen LogP contribution in [-0.2, 0) is 10.0 Å². The molecule has 5 nitrogen and oxygen atoms in total. The van der Waals surface area contributed by atoms with Gasteiger partial charge in [-0.25, -0.2) is 13.1 Å². The molecule has 0 bridgehead atoms. The van der Waals surface area contributed by atoms with Gasteiger partial charge >= 0.3 is 0 Å². The maximum absolute atomic E-state index is 12.4. The summed E-state index contributed by atoms with van der Waals surface area (Å²) in [5.74, 6) is 0. The normalized spacial score (nSPS) is 19.9.